The first-order chi connectivity index (χ1) is 10.7. The average Bonchev–Trinajstić information content (AvgIpc) is 2.99. The minimum Gasteiger partial charge on any atom is -0.494 e. The van der Waals surface area contributed by atoms with Gasteiger partial charge in [-0.15, -0.1) is 0 Å². The smallest absolute Gasteiger partial charge is 0.222 e. The Morgan fingerprint density at radius 3 is 3.00 bits per heavy atom. The molecule has 1 aliphatic heterocycles. The molecule has 3 rings (SSSR count). The Hall–Kier alpha value is -2.37. The molecule has 1 saturated heterocycles. The van der Waals surface area contributed by atoms with Crippen LogP contribution in [0.25, 0.3) is 11.3 Å². The highest BCUT2D eigenvalue weighted by Crippen LogP contribution is 2.27. The summed E-state index contributed by atoms with van der Waals surface area (Å²) in [7, 11) is 1.41. The molecule has 1 fully saturated rings. The largest absolute Gasteiger partial charge is 0.494 e. The number of methoxy groups -OCH3 is 1. The Bertz CT molecular complexity index is 684. The molecule has 0 bridgehead atoms. The van der Waals surface area contributed by atoms with E-state index < -0.39 is 5.82 Å². The number of likely N-dealkylation sites (tertiary alicyclic amines) is 1. The number of aromatic nitrogens is 1. The van der Waals surface area contributed by atoms with E-state index in [4.69, 9.17) is 9.26 Å². The number of piperidine rings is 1. The van der Waals surface area contributed by atoms with Crippen LogP contribution in [0.15, 0.2) is 28.8 Å². The number of hydrogen-bond acceptors (Lipinski definition) is 4. The zero-order valence-corrected chi connectivity index (χ0v) is 12.3. The SMILES string of the molecule is COc1cc(-c2cc(CN3CCCCC3=O)no2)ccc1F. The van der Waals surface area contributed by atoms with Gasteiger partial charge < -0.3 is 14.2 Å². The summed E-state index contributed by atoms with van der Waals surface area (Å²) in [6, 6.07) is 6.26. The molecule has 2 heterocycles. The number of carbonyl (C=O) groups excluding carboxylic acids is 1. The lowest BCUT2D eigenvalue weighted by atomic mass is 10.1. The summed E-state index contributed by atoms with van der Waals surface area (Å²) in [5.41, 5.74) is 1.37. The third-order valence-corrected chi connectivity index (χ3v) is 3.77. The number of halogens is 1. The fourth-order valence-electron chi connectivity index (χ4n) is 2.56. The monoisotopic (exact) mass is 304 g/mol. The standard InChI is InChI=1S/C16H17FN2O3/c1-21-15-8-11(5-6-13(15)17)14-9-12(18-22-14)10-19-7-3-2-4-16(19)20/h5-6,8-9H,2-4,7,10H2,1H3. The summed E-state index contributed by atoms with van der Waals surface area (Å²) in [6.07, 6.45) is 2.57. The van der Waals surface area contributed by atoms with Crippen LogP contribution in [0.3, 0.4) is 0 Å². The van der Waals surface area contributed by atoms with Gasteiger partial charge in [-0.25, -0.2) is 4.39 Å². The second-order valence-electron chi connectivity index (χ2n) is 5.30. The predicted octanol–water partition coefficient (Wildman–Crippen LogP) is 3.00. The summed E-state index contributed by atoms with van der Waals surface area (Å²) < 4.78 is 23.7. The molecule has 0 N–H and O–H groups in total. The van der Waals surface area contributed by atoms with Crippen molar-refractivity contribution in [3.8, 4) is 17.1 Å². The molecule has 0 spiro atoms. The van der Waals surface area contributed by atoms with Gasteiger partial charge in [0.2, 0.25) is 5.91 Å². The molecule has 0 saturated carbocycles. The Labute approximate surface area is 127 Å². The van der Waals surface area contributed by atoms with Gasteiger partial charge in [-0.1, -0.05) is 5.16 Å². The van der Waals surface area contributed by atoms with E-state index in [-0.39, 0.29) is 11.7 Å². The summed E-state index contributed by atoms with van der Waals surface area (Å²) >= 11 is 0. The van der Waals surface area contributed by atoms with E-state index in [1.165, 1.54) is 13.2 Å². The third kappa shape index (κ3) is 2.95. The van der Waals surface area contributed by atoms with Crippen LogP contribution in [-0.2, 0) is 11.3 Å². The van der Waals surface area contributed by atoms with E-state index in [0.29, 0.717) is 30.0 Å². The summed E-state index contributed by atoms with van der Waals surface area (Å²) in [6.45, 7) is 1.20. The number of rotatable bonds is 4. The van der Waals surface area contributed by atoms with Gasteiger partial charge in [0.1, 0.15) is 5.69 Å². The lowest BCUT2D eigenvalue weighted by Crippen LogP contribution is -2.34. The topological polar surface area (TPSA) is 55.6 Å². The van der Waals surface area contributed by atoms with E-state index in [1.54, 1.807) is 23.1 Å². The van der Waals surface area contributed by atoms with Crippen molar-refractivity contribution in [3.05, 3.63) is 35.8 Å². The zero-order chi connectivity index (χ0) is 15.5. The lowest BCUT2D eigenvalue weighted by molar-refractivity contribution is -0.133. The van der Waals surface area contributed by atoms with E-state index >= 15 is 0 Å². The summed E-state index contributed by atoms with van der Waals surface area (Å²) in [4.78, 5) is 13.6. The molecule has 0 atom stereocenters. The van der Waals surface area contributed by atoms with Crippen molar-refractivity contribution in [1.29, 1.82) is 0 Å². The average molecular weight is 304 g/mol. The highest BCUT2D eigenvalue weighted by Gasteiger charge is 2.20. The molecule has 6 heteroatoms. The zero-order valence-electron chi connectivity index (χ0n) is 12.3. The van der Waals surface area contributed by atoms with Crippen LogP contribution < -0.4 is 4.74 Å². The van der Waals surface area contributed by atoms with Crippen molar-refractivity contribution >= 4 is 5.91 Å². The molecule has 1 aromatic heterocycles. The second-order valence-corrected chi connectivity index (χ2v) is 5.30. The quantitative estimate of drug-likeness (QED) is 0.871. The van der Waals surface area contributed by atoms with Crippen LogP contribution in [0.5, 0.6) is 5.75 Å². The van der Waals surface area contributed by atoms with Crippen molar-refractivity contribution < 1.29 is 18.4 Å². The number of nitrogens with zero attached hydrogens (tertiary/aromatic N) is 2. The van der Waals surface area contributed by atoms with E-state index in [0.717, 1.165) is 19.4 Å². The second kappa shape index (κ2) is 6.17. The Morgan fingerprint density at radius 2 is 2.23 bits per heavy atom. The van der Waals surface area contributed by atoms with E-state index in [2.05, 4.69) is 5.16 Å². The van der Waals surface area contributed by atoms with Gasteiger partial charge in [0.15, 0.2) is 17.3 Å². The van der Waals surface area contributed by atoms with Crippen molar-refractivity contribution in [3.63, 3.8) is 0 Å². The fourth-order valence-corrected chi connectivity index (χ4v) is 2.56. The fraction of sp³-hybridized carbons (Fsp3) is 0.375. The molecule has 0 radical (unpaired) electrons. The highest BCUT2D eigenvalue weighted by atomic mass is 19.1. The van der Waals surface area contributed by atoms with Gasteiger partial charge in [-0.3, -0.25) is 4.79 Å². The van der Waals surface area contributed by atoms with Crippen LogP contribution in [0, 0.1) is 5.82 Å². The molecule has 22 heavy (non-hydrogen) atoms. The van der Waals surface area contributed by atoms with Crippen LogP contribution in [0.2, 0.25) is 0 Å². The molecule has 0 aliphatic carbocycles. The Balaban J connectivity index is 1.77. The van der Waals surface area contributed by atoms with E-state index in [1.807, 2.05) is 0 Å². The lowest BCUT2D eigenvalue weighted by Gasteiger charge is -2.25. The van der Waals surface area contributed by atoms with Gasteiger partial charge in [0, 0.05) is 24.6 Å². The molecule has 1 amide bonds. The molecular formula is C16H17FN2O3. The maximum absolute atomic E-state index is 13.4. The maximum atomic E-state index is 13.4. The molecular weight excluding hydrogens is 287 g/mol. The summed E-state index contributed by atoms with van der Waals surface area (Å²) in [5.74, 6) is 0.406. The Morgan fingerprint density at radius 1 is 1.36 bits per heavy atom. The number of carbonyl (C=O) groups is 1. The molecule has 1 aliphatic rings. The van der Waals surface area contributed by atoms with Gasteiger partial charge in [-0.2, -0.15) is 0 Å². The van der Waals surface area contributed by atoms with E-state index in [9.17, 15) is 9.18 Å². The summed E-state index contributed by atoms with van der Waals surface area (Å²) in [5, 5.41) is 4.00. The van der Waals surface area contributed by atoms with Crippen molar-refractivity contribution in [2.45, 2.75) is 25.8 Å². The highest BCUT2D eigenvalue weighted by molar-refractivity contribution is 5.76. The first kappa shape index (κ1) is 14.6. The van der Waals surface area contributed by atoms with Crippen molar-refractivity contribution in [2.24, 2.45) is 0 Å². The van der Waals surface area contributed by atoms with Crippen LogP contribution >= 0.6 is 0 Å². The Kier molecular flexibility index (Phi) is 4.09. The van der Waals surface area contributed by atoms with Crippen LogP contribution in [-0.4, -0.2) is 29.6 Å². The minimum absolute atomic E-state index is 0.152. The van der Waals surface area contributed by atoms with Crippen LogP contribution in [0.1, 0.15) is 25.0 Å². The number of ether oxygens (including phenoxy) is 1. The number of hydrogen-bond donors (Lipinski definition) is 0. The number of amides is 1. The molecule has 0 unspecified atom stereocenters. The third-order valence-electron chi connectivity index (χ3n) is 3.77. The normalized spacial score (nSPS) is 15.2. The number of benzene rings is 1. The minimum atomic E-state index is -0.426. The predicted molar refractivity (Wildman–Crippen MR) is 77.7 cm³/mol. The molecule has 5 nitrogen and oxygen atoms in total. The van der Waals surface area contributed by atoms with Crippen LogP contribution in [0.4, 0.5) is 4.39 Å². The molecule has 1 aromatic carbocycles. The molecule has 116 valence electrons. The first-order valence-corrected chi connectivity index (χ1v) is 7.24. The van der Waals surface area contributed by atoms with Gasteiger partial charge in [0.25, 0.3) is 0 Å². The van der Waals surface area contributed by atoms with Gasteiger partial charge >= 0.3 is 0 Å². The maximum Gasteiger partial charge on any atom is 0.222 e. The van der Waals surface area contributed by atoms with Crippen molar-refractivity contribution in [1.82, 2.24) is 10.1 Å². The van der Waals surface area contributed by atoms with Crippen molar-refractivity contribution in [2.75, 3.05) is 13.7 Å². The molecule has 2 aromatic rings. The van der Waals surface area contributed by atoms with Gasteiger partial charge in [-0.05, 0) is 31.0 Å². The first-order valence-electron chi connectivity index (χ1n) is 7.24. The van der Waals surface area contributed by atoms with Gasteiger partial charge in [0.05, 0.1) is 13.7 Å².